The second kappa shape index (κ2) is 10.7. The molecule has 1 aliphatic rings. The number of nitrogens with one attached hydrogen (secondary N) is 1. The van der Waals surface area contributed by atoms with Gasteiger partial charge in [0.1, 0.15) is 17.4 Å². The van der Waals surface area contributed by atoms with Crippen LogP contribution in [0.15, 0.2) is 97.2 Å². The van der Waals surface area contributed by atoms with Gasteiger partial charge in [0, 0.05) is 18.3 Å². The molecular formula is C32H30FN5O2. The predicted molar refractivity (Wildman–Crippen MR) is 151 cm³/mol. The summed E-state index contributed by atoms with van der Waals surface area (Å²) in [6.45, 7) is 5.09. The molecule has 2 aromatic heterocycles. The number of nitrogens with zero attached hydrogens (tertiary/aromatic N) is 4. The molecule has 0 saturated heterocycles. The summed E-state index contributed by atoms with van der Waals surface area (Å²) in [6, 6.07) is 27.5. The Labute approximate surface area is 232 Å². The minimum absolute atomic E-state index is 0.233. The van der Waals surface area contributed by atoms with Crippen LogP contribution in [0.5, 0.6) is 5.75 Å². The van der Waals surface area contributed by atoms with E-state index in [4.69, 9.17) is 9.84 Å². The molecule has 3 aromatic carbocycles. The van der Waals surface area contributed by atoms with Crippen LogP contribution in [0.2, 0.25) is 0 Å². The number of carbonyl (C=O) groups excluding carboxylic acids is 1. The van der Waals surface area contributed by atoms with Gasteiger partial charge in [-0.05, 0) is 73.5 Å². The van der Waals surface area contributed by atoms with Crippen molar-refractivity contribution >= 4 is 6.03 Å². The summed E-state index contributed by atoms with van der Waals surface area (Å²) < 4.78 is 23.3. The lowest BCUT2D eigenvalue weighted by Gasteiger charge is -2.31. The number of fused-ring (bicyclic) bond motifs is 3. The highest BCUT2D eigenvalue weighted by Gasteiger charge is 2.36. The summed E-state index contributed by atoms with van der Waals surface area (Å²) in [5.74, 6) is 1.35. The van der Waals surface area contributed by atoms with Gasteiger partial charge < -0.3 is 19.5 Å². The number of hydrogen-bond acceptors (Lipinski definition) is 3. The molecule has 1 N–H and O–H groups in total. The zero-order valence-corrected chi connectivity index (χ0v) is 22.4. The molecule has 202 valence electrons. The molecule has 0 fully saturated rings. The molecule has 0 radical (unpaired) electrons. The van der Waals surface area contributed by atoms with E-state index in [2.05, 4.69) is 9.88 Å². The average molecular weight is 536 g/mol. The molecule has 1 unspecified atom stereocenters. The number of benzene rings is 3. The van der Waals surface area contributed by atoms with Crippen LogP contribution >= 0.6 is 0 Å². The van der Waals surface area contributed by atoms with Gasteiger partial charge in [-0.1, -0.05) is 42.5 Å². The first kappa shape index (κ1) is 25.4. The highest BCUT2D eigenvalue weighted by molar-refractivity contribution is 5.76. The lowest BCUT2D eigenvalue weighted by Crippen LogP contribution is -2.41. The third kappa shape index (κ3) is 4.73. The highest BCUT2D eigenvalue weighted by atomic mass is 19.1. The second-order valence-corrected chi connectivity index (χ2v) is 9.76. The van der Waals surface area contributed by atoms with Crippen molar-refractivity contribution in [1.82, 2.24) is 24.6 Å². The van der Waals surface area contributed by atoms with Crippen molar-refractivity contribution in [3.63, 3.8) is 0 Å². The molecule has 6 rings (SSSR count). The largest absolute Gasteiger partial charge is 0.494 e. The number of urea groups is 1. The number of para-hydroxylation sites is 1. The monoisotopic (exact) mass is 535 g/mol. The van der Waals surface area contributed by atoms with Crippen molar-refractivity contribution in [2.75, 3.05) is 6.61 Å². The predicted octanol–water partition coefficient (Wildman–Crippen LogP) is 6.32. The third-order valence-electron chi connectivity index (χ3n) is 7.19. The molecule has 7 nitrogen and oxygen atoms in total. The molecular weight excluding hydrogens is 505 g/mol. The van der Waals surface area contributed by atoms with Gasteiger partial charge in [-0.3, -0.25) is 0 Å². The van der Waals surface area contributed by atoms with Crippen molar-refractivity contribution in [2.24, 2.45) is 0 Å². The molecule has 2 amide bonds. The Hall–Kier alpha value is -4.85. The number of ether oxygens (including phenoxy) is 1. The van der Waals surface area contributed by atoms with Crippen LogP contribution < -0.4 is 10.1 Å². The van der Waals surface area contributed by atoms with Crippen molar-refractivity contribution in [2.45, 2.75) is 33.0 Å². The number of aryl methyl sites for hydroxylation is 1. The smallest absolute Gasteiger partial charge is 0.318 e. The van der Waals surface area contributed by atoms with Gasteiger partial charge in [-0.15, -0.1) is 0 Å². The third-order valence-corrected chi connectivity index (χ3v) is 7.19. The first-order valence-corrected chi connectivity index (χ1v) is 13.4. The van der Waals surface area contributed by atoms with Gasteiger partial charge in [0.15, 0.2) is 0 Å². The van der Waals surface area contributed by atoms with E-state index in [-0.39, 0.29) is 18.4 Å². The maximum atomic E-state index is 14.0. The molecule has 1 atom stereocenters. The Morgan fingerprint density at radius 1 is 1.02 bits per heavy atom. The van der Waals surface area contributed by atoms with Crippen LogP contribution in [0.1, 0.15) is 41.0 Å². The molecule has 0 saturated carbocycles. The van der Waals surface area contributed by atoms with Crippen LogP contribution in [-0.4, -0.2) is 31.9 Å². The highest BCUT2D eigenvalue weighted by Crippen LogP contribution is 2.39. The lowest BCUT2D eigenvalue weighted by molar-refractivity contribution is 0.180. The topological polar surface area (TPSA) is 64.3 Å². The summed E-state index contributed by atoms with van der Waals surface area (Å²) >= 11 is 0. The fourth-order valence-corrected chi connectivity index (χ4v) is 5.32. The fraction of sp³-hybridized carbons (Fsp3) is 0.188. The van der Waals surface area contributed by atoms with Crippen LogP contribution in [0.25, 0.3) is 11.5 Å². The molecule has 0 spiro atoms. The molecule has 0 bridgehead atoms. The SMILES string of the molecule is CCOc1cccc(C2c3cccn3-c3c(c(C)nn3-c3ccccc3)CN2C(=O)NCc2ccc(F)cc2)c1. The molecule has 0 aliphatic carbocycles. The number of rotatable bonds is 6. The summed E-state index contributed by atoms with van der Waals surface area (Å²) in [5, 5.41) is 7.96. The van der Waals surface area contributed by atoms with E-state index >= 15 is 0 Å². The molecule has 8 heteroatoms. The second-order valence-electron chi connectivity index (χ2n) is 9.76. The Morgan fingerprint density at radius 3 is 2.60 bits per heavy atom. The summed E-state index contributed by atoms with van der Waals surface area (Å²) in [6.07, 6.45) is 2.02. The van der Waals surface area contributed by atoms with Crippen LogP contribution in [-0.2, 0) is 13.1 Å². The van der Waals surface area contributed by atoms with Gasteiger partial charge in [-0.2, -0.15) is 5.10 Å². The molecule has 40 heavy (non-hydrogen) atoms. The minimum atomic E-state index is -0.403. The van der Waals surface area contributed by atoms with E-state index in [1.54, 1.807) is 12.1 Å². The summed E-state index contributed by atoms with van der Waals surface area (Å²) in [4.78, 5) is 15.8. The number of hydrogen-bond donors (Lipinski definition) is 1. The van der Waals surface area contributed by atoms with E-state index in [0.29, 0.717) is 13.2 Å². The summed E-state index contributed by atoms with van der Waals surface area (Å²) in [5.41, 5.74) is 5.43. The summed E-state index contributed by atoms with van der Waals surface area (Å²) in [7, 11) is 0. The standard InChI is InChI=1S/C32H30FN5O2/c1-3-40-27-12-7-9-24(19-27)30-29-13-8-18-36(29)31-28(22(2)35-38(31)26-10-5-4-6-11-26)21-37(30)32(39)34-20-23-14-16-25(33)17-15-23/h4-19,30H,3,20-21H2,1-2H3,(H,34,39). The number of halogens is 1. The Bertz CT molecular complexity index is 1640. The van der Waals surface area contributed by atoms with E-state index in [1.807, 2.05) is 96.4 Å². The van der Waals surface area contributed by atoms with Crippen LogP contribution in [0.4, 0.5) is 9.18 Å². The van der Waals surface area contributed by atoms with E-state index in [1.165, 1.54) is 12.1 Å². The maximum absolute atomic E-state index is 14.0. The zero-order valence-electron chi connectivity index (χ0n) is 22.4. The number of aromatic nitrogens is 3. The normalized spacial score (nSPS) is 14.3. The maximum Gasteiger partial charge on any atom is 0.318 e. The van der Waals surface area contributed by atoms with Crippen molar-refractivity contribution in [3.05, 3.63) is 131 Å². The quantitative estimate of drug-likeness (QED) is 0.277. The zero-order chi connectivity index (χ0) is 27.6. The van der Waals surface area contributed by atoms with Gasteiger partial charge in [-0.25, -0.2) is 13.9 Å². The van der Waals surface area contributed by atoms with Gasteiger partial charge in [0.05, 0.1) is 36.3 Å². The molecule has 5 aromatic rings. The van der Waals surface area contributed by atoms with Crippen molar-refractivity contribution < 1.29 is 13.9 Å². The van der Waals surface area contributed by atoms with E-state index < -0.39 is 6.04 Å². The van der Waals surface area contributed by atoms with Crippen LogP contribution in [0.3, 0.4) is 0 Å². The first-order chi connectivity index (χ1) is 19.5. The fourth-order valence-electron chi connectivity index (χ4n) is 5.32. The molecule has 3 heterocycles. The lowest BCUT2D eigenvalue weighted by atomic mass is 10.0. The average Bonchev–Trinajstić information content (AvgIpc) is 3.53. The first-order valence-electron chi connectivity index (χ1n) is 13.4. The Kier molecular flexibility index (Phi) is 6.82. The molecule has 1 aliphatic heterocycles. The number of amides is 2. The van der Waals surface area contributed by atoms with E-state index in [0.717, 1.165) is 45.3 Å². The van der Waals surface area contributed by atoms with Gasteiger partial charge >= 0.3 is 6.03 Å². The van der Waals surface area contributed by atoms with Crippen molar-refractivity contribution in [1.29, 1.82) is 0 Å². The Morgan fingerprint density at radius 2 is 1.82 bits per heavy atom. The van der Waals surface area contributed by atoms with Crippen molar-refractivity contribution in [3.8, 4) is 17.3 Å². The minimum Gasteiger partial charge on any atom is -0.494 e. The van der Waals surface area contributed by atoms with Gasteiger partial charge in [0.25, 0.3) is 0 Å². The number of carbonyl (C=O) groups is 1. The van der Waals surface area contributed by atoms with Crippen LogP contribution in [0, 0.1) is 12.7 Å². The van der Waals surface area contributed by atoms with E-state index in [9.17, 15) is 9.18 Å². The van der Waals surface area contributed by atoms with Gasteiger partial charge in [0.2, 0.25) is 0 Å². The Balaban J connectivity index is 1.47.